The van der Waals surface area contributed by atoms with Crippen molar-refractivity contribution >= 4 is 17.4 Å². The quantitative estimate of drug-likeness (QED) is 0.304. The number of methoxy groups -OCH3 is 1. The third-order valence-electron chi connectivity index (χ3n) is 5.63. The van der Waals surface area contributed by atoms with E-state index in [9.17, 15) is 14.7 Å². The van der Waals surface area contributed by atoms with Gasteiger partial charge in [0, 0.05) is 24.5 Å². The Hall–Kier alpha value is -4.13. The summed E-state index contributed by atoms with van der Waals surface area (Å²) in [5, 5.41) is 11.1. The number of hydrogen-bond acceptors (Lipinski definition) is 6. The monoisotopic (exact) mass is 458 g/mol. The molecule has 0 radical (unpaired) electrons. The second-order valence-electron chi connectivity index (χ2n) is 7.91. The van der Waals surface area contributed by atoms with Crippen LogP contribution in [0.15, 0.2) is 78.6 Å². The zero-order valence-electron chi connectivity index (χ0n) is 19.1. The van der Waals surface area contributed by atoms with Crippen molar-refractivity contribution in [2.75, 3.05) is 13.7 Å². The first-order chi connectivity index (χ1) is 16.5. The number of hydrogen-bond donors (Lipinski definition) is 1. The van der Waals surface area contributed by atoms with E-state index in [2.05, 4.69) is 4.98 Å². The molecule has 1 atom stereocenters. The predicted molar refractivity (Wildman–Crippen MR) is 127 cm³/mol. The van der Waals surface area contributed by atoms with Gasteiger partial charge in [-0.2, -0.15) is 0 Å². The number of carbonyl (C=O) groups excluding carboxylic acids is 2. The number of rotatable bonds is 8. The zero-order valence-corrected chi connectivity index (χ0v) is 19.1. The molecule has 0 saturated carbocycles. The van der Waals surface area contributed by atoms with Gasteiger partial charge in [0.2, 0.25) is 0 Å². The summed E-state index contributed by atoms with van der Waals surface area (Å²) >= 11 is 0. The number of Topliss-reactive ketones (excluding diaryl/α,β-unsaturated/α-hetero) is 1. The van der Waals surface area contributed by atoms with Gasteiger partial charge < -0.3 is 19.5 Å². The van der Waals surface area contributed by atoms with Gasteiger partial charge in [-0.25, -0.2) is 0 Å². The van der Waals surface area contributed by atoms with Gasteiger partial charge >= 0.3 is 0 Å². The molecule has 2 aromatic carbocycles. The summed E-state index contributed by atoms with van der Waals surface area (Å²) in [6.07, 6.45) is 4.13. The van der Waals surface area contributed by atoms with E-state index < -0.39 is 17.7 Å². The second-order valence-corrected chi connectivity index (χ2v) is 7.91. The summed E-state index contributed by atoms with van der Waals surface area (Å²) in [7, 11) is 1.54. The number of ether oxygens (including phenoxy) is 2. The van der Waals surface area contributed by atoms with Gasteiger partial charge in [0.1, 0.15) is 5.76 Å². The number of likely N-dealkylation sites (tertiary alicyclic amines) is 1. The minimum absolute atomic E-state index is 0.0318. The van der Waals surface area contributed by atoms with Crippen molar-refractivity contribution < 1.29 is 24.2 Å². The van der Waals surface area contributed by atoms with Crippen LogP contribution in [-0.2, 0) is 16.1 Å². The van der Waals surface area contributed by atoms with Crippen LogP contribution in [0, 0.1) is 0 Å². The maximum absolute atomic E-state index is 13.2. The third-order valence-corrected chi connectivity index (χ3v) is 5.63. The lowest BCUT2D eigenvalue weighted by Gasteiger charge is -2.26. The Morgan fingerprint density at radius 1 is 1.06 bits per heavy atom. The predicted octanol–water partition coefficient (Wildman–Crippen LogP) is 4.50. The van der Waals surface area contributed by atoms with Crippen LogP contribution in [0.1, 0.15) is 36.1 Å². The molecule has 7 nitrogen and oxygen atoms in total. The van der Waals surface area contributed by atoms with E-state index in [-0.39, 0.29) is 17.9 Å². The normalized spacial score (nSPS) is 17.1. The average Bonchev–Trinajstić information content (AvgIpc) is 3.13. The Bertz CT molecular complexity index is 1210. The van der Waals surface area contributed by atoms with Gasteiger partial charge in [0.05, 0.1) is 25.3 Å². The highest BCUT2D eigenvalue weighted by atomic mass is 16.5. The molecular weight excluding hydrogens is 432 g/mol. The fourth-order valence-electron chi connectivity index (χ4n) is 4.02. The van der Waals surface area contributed by atoms with Crippen molar-refractivity contribution in [1.29, 1.82) is 0 Å². The van der Waals surface area contributed by atoms with E-state index in [1.807, 2.05) is 19.1 Å². The van der Waals surface area contributed by atoms with Gasteiger partial charge in [0.15, 0.2) is 11.5 Å². The molecule has 1 aliphatic rings. The van der Waals surface area contributed by atoms with Crippen LogP contribution in [-0.4, -0.2) is 40.4 Å². The minimum atomic E-state index is -0.811. The Kier molecular flexibility index (Phi) is 6.92. The van der Waals surface area contributed by atoms with Crippen LogP contribution in [0.2, 0.25) is 0 Å². The summed E-state index contributed by atoms with van der Waals surface area (Å²) in [5.74, 6) is -0.585. The van der Waals surface area contributed by atoms with Crippen LogP contribution < -0.4 is 9.47 Å². The summed E-state index contributed by atoms with van der Waals surface area (Å²) in [5.41, 5.74) is 1.89. The van der Waals surface area contributed by atoms with Crippen molar-refractivity contribution in [3.8, 4) is 11.5 Å². The molecule has 4 rings (SSSR count). The molecule has 0 bridgehead atoms. The second kappa shape index (κ2) is 10.2. The third kappa shape index (κ3) is 4.50. The van der Waals surface area contributed by atoms with Crippen molar-refractivity contribution in [2.45, 2.75) is 25.9 Å². The fourth-order valence-corrected chi connectivity index (χ4v) is 4.02. The fraction of sp³-hybridized carbons (Fsp3) is 0.222. The molecule has 1 saturated heterocycles. The number of aliphatic hydroxyl groups excluding tert-OH is 1. The zero-order chi connectivity index (χ0) is 24.1. The van der Waals surface area contributed by atoms with Crippen LogP contribution in [0.25, 0.3) is 5.76 Å². The molecule has 1 unspecified atom stereocenters. The maximum Gasteiger partial charge on any atom is 0.295 e. The van der Waals surface area contributed by atoms with Gasteiger partial charge in [0.25, 0.3) is 11.7 Å². The molecule has 2 heterocycles. The molecule has 7 heteroatoms. The van der Waals surface area contributed by atoms with Crippen molar-refractivity contribution in [1.82, 2.24) is 9.88 Å². The summed E-state index contributed by atoms with van der Waals surface area (Å²) in [4.78, 5) is 31.9. The first-order valence-corrected chi connectivity index (χ1v) is 11.1. The number of benzene rings is 2. The highest BCUT2D eigenvalue weighted by Gasteiger charge is 2.46. The molecule has 1 N–H and O–H groups in total. The lowest BCUT2D eigenvalue weighted by Crippen LogP contribution is -2.29. The van der Waals surface area contributed by atoms with Crippen LogP contribution in [0.4, 0.5) is 0 Å². The number of nitrogens with zero attached hydrogens (tertiary/aromatic N) is 2. The van der Waals surface area contributed by atoms with E-state index in [1.54, 1.807) is 60.9 Å². The number of amides is 1. The summed E-state index contributed by atoms with van der Waals surface area (Å²) < 4.78 is 11.3. The SMILES string of the molecule is CCCOc1ccc(C2/C(=C(/O)c3ccccc3)C(=O)C(=O)N2Cc2cccnc2)cc1OC. The minimum Gasteiger partial charge on any atom is -0.507 e. The molecule has 174 valence electrons. The first-order valence-electron chi connectivity index (χ1n) is 11.1. The van der Waals surface area contributed by atoms with E-state index >= 15 is 0 Å². The van der Waals surface area contributed by atoms with E-state index in [4.69, 9.17) is 9.47 Å². The van der Waals surface area contributed by atoms with Crippen LogP contribution in [0.5, 0.6) is 11.5 Å². The Morgan fingerprint density at radius 2 is 1.85 bits per heavy atom. The molecule has 34 heavy (non-hydrogen) atoms. The number of carbonyl (C=O) groups is 2. The molecule has 1 aromatic heterocycles. The lowest BCUT2D eigenvalue weighted by molar-refractivity contribution is -0.140. The Labute approximate surface area is 198 Å². The molecule has 0 aliphatic carbocycles. The molecule has 1 amide bonds. The first kappa shape index (κ1) is 23.0. The standard InChI is InChI=1S/C27H26N2O5/c1-3-14-34-21-12-11-20(15-22(21)33-2)24-23(25(30)19-9-5-4-6-10-19)26(31)27(32)29(24)17-18-8-7-13-28-16-18/h4-13,15-16,24,30H,3,14,17H2,1-2H3/b25-23-. The van der Waals surface area contributed by atoms with E-state index in [1.165, 1.54) is 12.0 Å². The number of aromatic nitrogens is 1. The number of pyridine rings is 1. The molecule has 1 aliphatic heterocycles. The van der Waals surface area contributed by atoms with Gasteiger partial charge in [-0.15, -0.1) is 0 Å². The molecule has 0 spiro atoms. The van der Waals surface area contributed by atoms with E-state index in [0.29, 0.717) is 29.2 Å². The van der Waals surface area contributed by atoms with E-state index in [0.717, 1.165) is 12.0 Å². The van der Waals surface area contributed by atoms with Gasteiger partial charge in [-0.1, -0.05) is 49.4 Å². The molecular formula is C27H26N2O5. The topological polar surface area (TPSA) is 89.0 Å². The summed E-state index contributed by atoms with van der Waals surface area (Å²) in [6.45, 7) is 2.70. The number of aliphatic hydroxyl groups is 1. The summed E-state index contributed by atoms with van der Waals surface area (Å²) in [6, 6.07) is 16.8. The highest BCUT2D eigenvalue weighted by Crippen LogP contribution is 2.42. The Balaban J connectivity index is 1.85. The van der Waals surface area contributed by atoms with Crippen molar-refractivity contribution in [2.24, 2.45) is 0 Å². The molecule has 3 aromatic rings. The Morgan fingerprint density at radius 3 is 2.53 bits per heavy atom. The van der Waals surface area contributed by atoms with Gasteiger partial charge in [-0.05, 0) is 35.7 Å². The number of ketones is 1. The van der Waals surface area contributed by atoms with Crippen molar-refractivity contribution in [3.63, 3.8) is 0 Å². The van der Waals surface area contributed by atoms with Gasteiger partial charge in [-0.3, -0.25) is 14.6 Å². The van der Waals surface area contributed by atoms with Crippen LogP contribution in [0.3, 0.4) is 0 Å². The largest absolute Gasteiger partial charge is 0.507 e. The highest BCUT2D eigenvalue weighted by molar-refractivity contribution is 6.46. The maximum atomic E-state index is 13.2. The average molecular weight is 459 g/mol. The van der Waals surface area contributed by atoms with Crippen LogP contribution >= 0.6 is 0 Å². The smallest absolute Gasteiger partial charge is 0.295 e. The molecule has 1 fully saturated rings. The lowest BCUT2D eigenvalue weighted by atomic mass is 9.95. The van der Waals surface area contributed by atoms with Crippen molar-refractivity contribution in [3.05, 3.63) is 95.3 Å².